The summed E-state index contributed by atoms with van der Waals surface area (Å²) in [5.41, 5.74) is 2.10. The summed E-state index contributed by atoms with van der Waals surface area (Å²) < 4.78 is 5.77. The van der Waals surface area contributed by atoms with E-state index in [2.05, 4.69) is 24.4 Å². The summed E-state index contributed by atoms with van der Waals surface area (Å²) in [6.07, 6.45) is 1.14. The van der Waals surface area contributed by atoms with Crippen LogP contribution in [0.4, 0.5) is 0 Å². The minimum absolute atomic E-state index is 0.0270. The van der Waals surface area contributed by atoms with E-state index in [1.54, 1.807) is 0 Å². The lowest BCUT2D eigenvalue weighted by atomic mass is 10.2. The van der Waals surface area contributed by atoms with Crippen molar-refractivity contribution < 1.29 is 9.84 Å². The zero-order chi connectivity index (χ0) is 14.2. The van der Waals surface area contributed by atoms with Crippen LogP contribution >= 0.6 is 0 Å². The molecule has 2 aromatic carbocycles. The number of aliphatic hydroxyl groups is 1. The quantitative estimate of drug-likeness (QED) is 0.758. The Hall–Kier alpha value is -1.84. The Balaban J connectivity index is 1.95. The van der Waals surface area contributed by atoms with Crippen molar-refractivity contribution in [3.8, 4) is 11.5 Å². The lowest BCUT2D eigenvalue weighted by Gasteiger charge is -2.08. The van der Waals surface area contributed by atoms with Crippen molar-refractivity contribution in [2.24, 2.45) is 0 Å². The number of aliphatic hydroxyl groups excluding tert-OH is 1. The van der Waals surface area contributed by atoms with Crippen molar-refractivity contribution in [3.63, 3.8) is 0 Å². The van der Waals surface area contributed by atoms with Crippen molar-refractivity contribution in [3.05, 3.63) is 59.7 Å². The van der Waals surface area contributed by atoms with Gasteiger partial charge in [0.15, 0.2) is 0 Å². The van der Waals surface area contributed by atoms with E-state index in [1.807, 2.05) is 36.4 Å². The first-order valence-electron chi connectivity index (χ1n) is 6.99. The van der Waals surface area contributed by atoms with Gasteiger partial charge in [-0.05, 0) is 48.4 Å². The zero-order valence-electron chi connectivity index (χ0n) is 11.8. The molecule has 0 unspecified atom stereocenters. The van der Waals surface area contributed by atoms with Gasteiger partial charge in [0, 0.05) is 6.54 Å². The number of nitrogens with one attached hydrogen (secondary N) is 1. The summed E-state index contributed by atoms with van der Waals surface area (Å²) in [6.45, 7) is 4.10. The van der Waals surface area contributed by atoms with Gasteiger partial charge in [0.2, 0.25) is 0 Å². The molecule has 3 nitrogen and oxygen atoms in total. The van der Waals surface area contributed by atoms with Crippen LogP contribution in [0, 0.1) is 0 Å². The SMILES string of the molecule is CCCNCc1ccc(Oc2cccc(CO)c2)cc1. The summed E-state index contributed by atoms with van der Waals surface area (Å²) in [5.74, 6) is 1.55. The number of benzene rings is 2. The molecule has 0 heterocycles. The highest BCUT2D eigenvalue weighted by Crippen LogP contribution is 2.22. The first-order chi connectivity index (χ1) is 9.81. The van der Waals surface area contributed by atoms with E-state index >= 15 is 0 Å². The molecule has 3 heteroatoms. The van der Waals surface area contributed by atoms with Crippen LogP contribution < -0.4 is 10.1 Å². The Bertz CT molecular complexity index is 523. The smallest absolute Gasteiger partial charge is 0.127 e. The van der Waals surface area contributed by atoms with E-state index in [0.29, 0.717) is 0 Å². The standard InChI is InChI=1S/C17H21NO2/c1-2-10-18-12-14-6-8-16(9-7-14)20-17-5-3-4-15(11-17)13-19/h3-9,11,18-19H,2,10,12-13H2,1H3. The van der Waals surface area contributed by atoms with Crippen LogP contribution in [0.1, 0.15) is 24.5 Å². The van der Waals surface area contributed by atoms with Crippen molar-refractivity contribution in [1.29, 1.82) is 0 Å². The summed E-state index contributed by atoms with van der Waals surface area (Å²) in [4.78, 5) is 0. The molecule has 0 spiro atoms. The van der Waals surface area contributed by atoms with Crippen molar-refractivity contribution in [2.75, 3.05) is 6.54 Å². The van der Waals surface area contributed by atoms with Crippen LogP contribution in [0.25, 0.3) is 0 Å². The van der Waals surface area contributed by atoms with Gasteiger partial charge in [-0.1, -0.05) is 31.2 Å². The number of rotatable bonds is 7. The average molecular weight is 271 g/mol. The van der Waals surface area contributed by atoms with Crippen molar-refractivity contribution >= 4 is 0 Å². The Morgan fingerprint density at radius 1 is 1.00 bits per heavy atom. The van der Waals surface area contributed by atoms with E-state index in [-0.39, 0.29) is 6.61 Å². The van der Waals surface area contributed by atoms with Gasteiger partial charge in [0.05, 0.1) is 6.61 Å². The maximum absolute atomic E-state index is 9.10. The molecule has 0 atom stereocenters. The first kappa shape index (κ1) is 14.6. The van der Waals surface area contributed by atoms with Gasteiger partial charge in [0.1, 0.15) is 11.5 Å². The second kappa shape index (κ2) is 7.68. The molecule has 0 saturated carbocycles. The molecular formula is C17H21NO2. The number of hydrogen-bond acceptors (Lipinski definition) is 3. The second-order valence-corrected chi connectivity index (χ2v) is 4.73. The highest BCUT2D eigenvalue weighted by atomic mass is 16.5. The maximum atomic E-state index is 9.10. The minimum Gasteiger partial charge on any atom is -0.457 e. The topological polar surface area (TPSA) is 41.5 Å². The molecule has 0 saturated heterocycles. The van der Waals surface area contributed by atoms with Gasteiger partial charge in [-0.15, -0.1) is 0 Å². The summed E-state index contributed by atoms with van der Waals surface area (Å²) >= 11 is 0. The molecule has 2 rings (SSSR count). The largest absolute Gasteiger partial charge is 0.457 e. The average Bonchev–Trinajstić information content (AvgIpc) is 2.49. The Labute approximate surface area is 120 Å². The van der Waals surface area contributed by atoms with Crippen molar-refractivity contribution in [2.45, 2.75) is 26.5 Å². The third kappa shape index (κ3) is 4.37. The van der Waals surface area contributed by atoms with Gasteiger partial charge in [-0.2, -0.15) is 0 Å². The van der Waals surface area contributed by atoms with E-state index in [1.165, 1.54) is 5.56 Å². The molecule has 0 aliphatic carbocycles. The van der Waals surface area contributed by atoms with Gasteiger partial charge in [-0.3, -0.25) is 0 Å². The van der Waals surface area contributed by atoms with Crippen LogP contribution in [0.15, 0.2) is 48.5 Å². The van der Waals surface area contributed by atoms with Gasteiger partial charge >= 0.3 is 0 Å². The van der Waals surface area contributed by atoms with Crippen LogP contribution in [-0.4, -0.2) is 11.7 Å². The highest BCUT2D eigenvalue weighted by Gasteiger charge is 1.99. The minimum atomic E-state index is 0.0270. The van der Waals surface area contributed by atoms with Gasteiger partial charge in [0.25, 0.3) is 0 Å². The molecule has 0 aliphatic heterocycles. The predicted molar refractivity (Wildman–Crippen MR) is 80.9 cm³/mol. The molecule has 0 aliphatic rings. The Morgan fingerprint density at radius 2 is 1.80 bits per heavy atom. The lowest BCUT2D eigenvalue weighted by Crippen LogP contribution is -2.13. The molecular weight excluding hydrogens is 250 g/mol. The molecule has 0 bridgehead atoms. The van der Waals surface area contributed by atoms with Crippen molar-refractivity contribution in [1.82, 2.24) is 5.32 Å². The summed E-state index contributed by atoms with van der Waals surface area (Å²) in [6, 6.07) is 15.5. The number of hydrogen-bond donors (Lipinski definition) is 2. The van der Waals surface area contributed by atoms with Gasteiger partial charge < -0.3 is 15.2 Å². The lowest BCUT2D eigenvalue weighted by molar-refractivity contribution is 0.281. The molecule has 20 heavy (non-hydrogen) atoms. The third-order valence-corrected chi connectivity index (χ3v) is 3.00. The molecule has 0 radical (unpaired) electrons. The van der Waals surface area contributed by atoms with Crippen LogP contribution in [0.3, 0.4) is 0 Å². The summed E-state index contributed by atoms with van der Waals surface area (Å²) in [5, 5.41) is 12.5. The van der Waals surface area contributed by atoms with Gasteiger partial charge in [-0.25, -0.2) is 0 Å². The monoisotopic (exact) mass is 271 g/mol. The molecule has 2 aromatic rings. The fourth-order valence-corrected chi connectivity index (χ4v) is 1.93. The molecule has 0 fully saturated rings. The predicted octanol–water partition coefficient (Wildman–Crippen LogP) is 3.47. The first-order valence-corrected chi connectivity index (χ1v) is 6.99. The summed E-state index contributed by atoms with van der Waals surface area (Å²) in [7, 11) is 0. The van der Waals surface area contributed by atoms with Crippen LogP contribution in [0.2, 0.25) is 0 Å². The second-order valence-electron chi connectivity index (χ2n) is 4.73. The van der Waals surface area contributed by atoms with Crippen LogP contribution in [-0.2, 0) is 13.2 Å². The molecule has 0 aromatic heterocycles. The normalized spacial score (nSPS) is 10.5. The Morgan fingerprint density at radius 3 is 2.50 bits per heavy atom. The Kier molecular flexibility index (Phi) is 5.59. The fourth-order valence-electron chi connectivity index (χ4n) is 1.93. The molecule has 2 N–H and O–H groups in total. The molecule has 106 valence electrons. The maximum Gasteiger partial charge on any atom is 0.127 e. The van der Waals surface area contributed by atoms with E-state index < -0.39 is 0 Å². The molecule has 0 amide bonds. The van der Waals surface area contributed by atoms with E-state index in [4.69, 9.17) is 9.84 Å². The van der Waals surface area contributed by atoms with E-state index in [0.717, 1.165) is 36.6 Å². The fraction of sp³-hybridized carbons (Fsp3) is 0.294. The number of ether oxygens (including phenoxy) is 1. The van der Waals surface area contributed by atoms with Crippen LogP contribution in [0.5, 0.6) is 11.5 Å². The van der Waals surface area contributed by atoms with E-state index in [9.17, 15) is 0 Å². The highest BCUT2D eigenvalue weighted by molar-refractivity contribution is 5.35. The zero-order valence-corrected chi connectivity index (χ0v) is 11.8. The third-order valence-electron chi connectivity index (χ3n) is 3.00.